The van der Waals surface area contributed by atoms with Crippen LogP contribution in [-0.4, -0.2) is 52.0 Å². The summed E-state index contributed by atoms with van der Waals surface area (Å²) < 4.78 is 0. The zero-order valence-corrected chi connectivity index (χ0v) is 15.2. The normalized spacial score (nSPS) is 19.8. The number of hydrogen-bond donors (Lipinski definition) is 0. The van der Waals surface area contributed by atoms with Crippen molar-refractivity contribution in [2.45, 2.75) is 6.54 Å². The highest BCUT2D eigenvalue weighted by atomic mass is 32.2. The second-order valence-electron chi connectivity index (χ2n) is 6.34. The first-order valence-corrected chi connectivity index (χ1v) is 9.53. The summed E-state index contributed by atoms with van der Waals surface area (Å²) in [6.45, 7) is 4.72. The minimum Gasteiger partial charge on any atom is -0.348 e. The van der Waals surface area contributed by atoms with E-state index in [1.807, 2.05) is 24.3 Å². The highest BCUT2D eigenvalue weighted by Gasteiger charge is 2.28. The van der Waals surface area contributed by atoms with Crippen LogP contribution < -0.4 is 0 Å². The third kappa shape index (κ3) is 4.03. The second kappa shape index (κ2) is 7.85. The molecule has 0 bridgehead atoms. The van der Waals surface area contributed by atoms with Crippen molar-refractivity contribution < 1.29 is 4.79 Å². The maximum Gasteiger partial charge on any atom is 0.286 e. The molecule has 1 saturated heterocycles. The summed E-state index contributed by atoms with van der Waals surface area (Å²) in [5.74, 6) is -0.145. The van der Waals surface area contributed by atoms with Crippen LogP contribution in [0.5, 0.6) is 0 Å². The van der Waals surface area contributed by atoms with Crippen molar-refractivity contribution in [3.8, 4) is 0 Å². The van der Waals surface area contributed by atoms with Crippen molar-refractivity contribution in [2.75, 3.05) is 26.2 Å². The molecule has 0 N–H and O–H groups in total. The lowest BCUT2D eigenvalue weighted by molar-refractivity contribution is -0.113. The van der Waals surface area contributed by atoms with Crippen molar-refractivity contribution in [2.24, 2.45) is 4.99 Å². The molecule has 0 atom stereocenters. The molecule has 0 saturated carbocycles. The van der Waals surface area contributed by atoms with Crippen molar-refractivity contribution in [1.82, 2.24) is 14.8 Å². The molecule has 1 aromatic heterocycles. The summed E-state index contributed by atoms with van der Waals surface area (Å²) in [4.78, 5) is 25.8. The molecular formula is C20H20N4OS. The molecule has 6 heteroatoms. The van der Waals surface area contributed by atoms with Gasteiger partial charge in [-0.05, 0) is 41.1 Å². The molecule has 0 unspecified atom stereocenters. The van der Waals surface area contributed by atoms with Crippen LogP contribution >= 0.6 is 11.8 Å². The maximum absolute atomic E-state index is 12.2. The van der Waals surface area contributed by atoms with E-state index in [0.29, 0.717) is 4.91 Å². The number of thioether (sulfide) groups is 1. The number of piperazine rings is 1. The summed E-state index contributed by atoms with van der Waals surface area (Å²) in [6, 6.07) is 14.3. The first-order chi connectivity index (χ1) is 12.8. The fraction of sp³-hybridized carbons (Fsp3) is 0.250. The Hall–Kier alpha value is -2.44. The van der Waals surface area contributed by atoms with E-state index < -0.39 is 0 Å². The zero-order valence-electron chi connectivity index (χ0n) is 14.4. The van der Waals surface area contributed by atoms with Gasteiger partial charge in [0.1, 0.15) is 0 Å². The largest absolute Gasteiger partial charge is 0.348 e. The number of aromatic nitrogens is 1. The van der Waals surface area contributed by atoms with Gasteiger partial charge >= 0.3 is 0 Å². The van der Waals surface area contributed by atoms with Gasteiger partial charge in [-0.2, -0.15) is 4.99 Å². The molecular weight excluding hydrogens is 344 g/mol. The van der Waals surface area contributed by atoms with Crippen LogP contribution in [0.2, 0.25) is 0 Å². The Balaban J connectivity index is 1.34. The highest BCUT2D eigenvalue weighted by molar-refractivity contribution is 8.18. The summed E-state index contributed by atoms with van der Waals surface area (Å²) in [7, 11) is 0. The van der Waals surface area contributed by atoms with Gasteiger partial charge in [0.25, 0.3) is 5.91 Å². The average Bonchev–Trinajstić information content (AvgIpc) is 3.04. The maximum atomic E-state index is 12.2. The molecule has 2 aliphatic heterocycles. The van der Waals surface area contributed by atoms with Crippen molar-refractivity contribution in [3.05, 3.63) is 70.9 Å². The molecule has 4 rings (SSSR count). The number of aliphatic imine (C=N–C) groups is 1. The van der Waals surface area contributed by atoms with Crippen molar-refractivity contribution in [1.29, 1.82) is 0 Å². The van der Waals surface area contributed by atoms with Gasteiger partial charge in [-0.15, -0.1) is 0 Å². The van der Waals surface area contributed by atoms with E-state index in [9.17, 15) is 4.79 Å². The predicted octanol–water partition coefficient (Wildman–Crippen LogP) is 2.87. The Morgan fingerprint density at radius 3 is 2.46 bits per heavy atom. The van der Waals surface area contributed by atoms with Crippen molar-refractivity contribution >= 4 is 28.9 Å². The van der Waals surface area contributed by atoms with Gasteiger partial charge < -0.3 is 4.90 Å². The Labute approximate surface area is 157 Å². The van der Waals surface area contributed by atoms with Gasteiger partial charge in [-0.3, -0.25) is 14.7 Å². The first kappa shape index (κ1) is 17.0. The van der Waals surface area contributed by atoms with Gasteiger partial charge in [0.15, 0.2) is 5.17 Å². The monoisotopic (exact) mass is 364 g/mol. The van der Waals surface area contributed by atoms with Crippen LogP contribution in [-0.2, 0) is 11.3 Å². The van der Waals surface area contributed by atoms with Gasteiger partial charge in [0.2, 0.25) is 0 Å². The van der Waals surface area contributed by atoms with Crippen LogP contribution in [0.15, 0.2) is 64.8 Å². The Morgan fingerprint density at radius 1 is 1.00 bits per heavy atom. The third-order valence-corrected chi connectivity index (χ3v) is 5.55. The van der Waals surface area contributed by atoms with E-state index in [4.69, 9.17) is 0 Å². The van der Waals surface area contributed by atoms with E-state index in [1.54, 1.807) is 12.4 Å². The molecule has 132 valence electrons. The van der Waals surface area contributed by atoms with E-state index in [1.165, 1.54) is 17.3 Å². The standard InChI is InChI=1S/C20H20N4OS/c25-19-18(14-16-6-8-21-9-7-16)26-20(22-19)24-12-10-23(11-13-24)15-17-4-2-1-3-5-17/h1-9,14H,10-13,15H2/b18-14-. The lowest BCUT2D eigenvalue weighted by Crippen LogP contribution is -2.47. The smallest absolute Gasteiger partial charge is 0.286 e. The molecule has 1 fully saturated rings. The van der Waals surface area contributed by atoms with Gasteiger partial charge in [-0.25, -0.2) is 0 Å². The Morgan fingerprint density at radius 2 is 1.73 bits per heavy atom. The Bertz CT molecular complexity index is 827. The number of amides is 1. The first-order valence-electron chi connectivity index (χ1n) is 8.72. The van der Waals surface area contributed by atoms with Gasteiger partial charge in [0.05, 0.1) is 4.91 Å². The number of pyridine rings is 1. The number of carbonyl (C=O) groups is 1. The molecule has 3 heterocycles. The lowest BCUT2D eigenvalue weighted by Gasteiger charge is -2.35. The topological polar surface area (TPSA) is 48.8 Å². The summed E-state index contributed by atoms with van der Waals surface area (Å²) in [5.41, 5.74) is 2.31. The molecule has 1 aromatic carbocycles. The number of carbonyl (C=O) groups excluding carboxylic acids is 1. The Kier molecular flexibility index (Phi) is 5.13. The molecule has 5 nitrogen and oxygen atoms in total. The van der Waals surface area contributed by atoms with Crippen LogP contribution in [0.3, 0.4) is 0 Å². The highest BCUT2D eigenvalue weighted by Crippen LogP contribution is 2.30. The average molecular weight is 364 g/mol. The molecule has 26 heavy (non-hydrogen) atoms. The number of hydrogen-bond acceptors (Lipinski definition) is 5. The summed E-state index contributed by atoms with van der Waals surface area (Å²) >= 11 is 1.47. The third-order valence-electron chi connectivity index (χ3n) is 4.50. The molecule has 0 radical (unpaired) electrons. The van der Waals surface area contributed by atoms with Crippen LogP contribution in [0.1, 0.15) is 11.1 Å². The van der Waals surface area contributed by atoms with Gasteiger partial charge in [0, 0.05) is 45.1 Å². The number of nitrogens with zero attached hydrogens (tertiary/aromatic N) is 4. The van der Waals surface area contributed by atoms with Crippen LogP contribution in [0.25, 0.3) is 6.08 Å². The molecule has 2 aliphatic rings. The van der Waals surface area contributed by atoms with Crippen LogP contribution in [0, 0.1) is 0 Å². The zero-order chi connectivity index (χ0) is 17.8. The van der Waals surface area contributed by atoms with Gasteiger partial charge in [-0.1, -0.05) is 30.3 Å². The molecule has 2 aromatic rings. The molecule has 1 amide bonds. The molecule has 0 spiro atoms. The minimum absolute atomic E-state index is 0.145. The number of benzene rings is 1. The second-order valence-corrected chi connectivity index (χ2v) is 7.35. The fourth-order valence-corrected chi connectivity index (χ4v) is 4.05. The summed E-state index contributed by atoms with van der Waals surface area (Å²) in [5, 5.41) is 0.828. The van der Waals surface area contributed by atoms with E-state index in [2.05, 4.69) is 44.0 Å². The van der Waals surface area contributed by atoms with E-state index >= 15 is 0 Å². The quantitative estimate of drug-likeness (QED) is 0.784. The molecule has 0 aliphatic carbocycles. The number of rotatable bonds is 3. The predicted molar refractivity (Wildman–Crippen MR) is 106 cm³/mol. The van der Waals surface area contributed by atoms with Crippen LogP contribution in [0.4, 0.5) is 0 Å². The minimum atomic E-state index is -0.145. The SMILES string of the molecule is O=C1N=C(N2CCN(Cc3ccccc3)CC2)S/C1=C\c1ccncc1. The lowest BCUT2D eigenvalue weighted by atomic mass is 10.2. The van der Waals surface area contributed by atoms with Crippen molar-refractivity contribution in [3.63, 3.8) is 0 Å². The van der Waals surface area contributed by atoms with E-state index in [-0.39, 0.29) is 5.91 Å². The summed E-state index contributed by atoms with van der Waals surface area (Å²) in [6.07, 6.45) is 5.34. The number of amidine groups is 1. The van der Waals surface area contributed by atoms with E-state index in [0.717, 1.165) is 43.5 Å². The fourth-order valence-electron chi connectivity index (χ4n) is 3.08.